The van der Waals surface area contributed by atoms with Crippen LogP contribution >= 0.6 is 0 Å². The van der Waals surface area contributed by atoms with Crippen molar-refractivity contribution in [1.29, 1.82) is 0 Å². The first-order chi connectivity index (χ1) is 8.44. The number of hydrogen-bond acceptors (Lipinski definition) is 5. The SMILES string of the molecule is CC(NS(=O)(=O)CCc1ccncc1)/C(N)=N/O. The number of nitrogens with one attached hydrogen (secondary N) is 1. The van der Waals surface area contributed by atoms with E-state index in [2.05, 4.69) is 14.9 Å². The topological polar surface area (TPSA) is 118 Å². The second-order valence-electron chi connectivity index (χ2n) is 3.79. The van der Waals surface area contributed by atoms with Crippen molar-refractivity contribution in [3.05, 3.63) is 30.1 Å². The number of pyridine rings is 1. The lowest BCUT2D eigenvalue weighted by atomic mass is 10.2. The van der Waals surface area contributed by atoms with E-state index in [4.69, 9.17) is 10.9 Å². The fraction of sp³-hybridized carbons (Fsp3) is 0.400. The smallest absolute Gasteiger partial charge is 0.212 e. The van der Waals surface area contributed by atoms with Crippen molar-refractivity contribution in [3.8, 4) is 0 Å². The predicted molar refractivity (Wildman–Crippen MR) is 67.7 cm³/mol. The molecule has 18 heavy (non-hydrogen) atoms. The second kappa shape index (κ2) is 6.31. The summed E-state index contributed by atoms with van der Waals surface area (Å²) in [5, 5.41) is 11.2. The van der Waals surface area contributed by atoms with Crippen LogP contribution in [-0.2, 0) is 16.4 Å². The molecule has 1 heterocycles. The molecule has 1 aromatic heterocycles. The Balaban J connectivity index is 2.56. The van der Waals surface area contributed by atoms with Crippen LogP contribution in [0.2, 0.25) is 0 Å². The maximum absolute atomic E-state index is 11.7. The molecule has 1 unspecified atom stereocenters. The first-order valence-corrected chi connectivity index (χ1v) is 6.96. The van der Waals surface area contributed by atoms with Crippen molar-refractivity contribution < 1.29 is 13.6 Å². The van der Waals surface area contributed by atoms with Gasteiger partial charge in [-0.1, -0.05) is 5.16 Å². The van der Waals surface area contributed by atoms with Gasteiger partial charge in [-0.25, -0.2) is 13.1 Å². The minimum absolute atomic E-state index is 0.0694. The molecule has 1 aromatic rings. The van der Waals surface area contributed by atoms with Gasteiger partial charge in [0.1, 0.15) is 0 Å². The number of oxime groups is 1. The van der Waals surface area contributed by atoms with Crippen LogP contribution in [0.1, 0.15) is 12.5 Å². The highest BCUT2D eigenvalue weighted by atomic mass is 32.2. The summed E-state index contributed by atoms with van der Waals surface area (Å²) in [7, 11) is -3.48. The van der Waals surface area contributed by atoms with Crippen LogP contribution in [-0.4, -0.2) is 36.2 Å². The number of rotatable bonds is 6. The molecule has 0 fully saturated rings. The van der Waals surface area contributed by atoms with E-state index in [1.54, 1.807) is 24.5 Å². The summed E-state index contributed by atoms with van der Waals surface area (Å²) in [5.41, 5.74) is 6.18. The van der Waals surface area contributed by atoms with Gasteiger partial charge in [-0.2, -0.15) is 0 Å². The Morgan fingerprint density at radius 3 is 2.72 bits per heavy atom. The van der Waals surface area contributed by atoms with Gasteiger partial charge < -0.3 is 10.9 Å². The minimum Gasteiger partial charge on any atom is -0.409 e. The summed E-state index contributed by atoms with van der Waals surface area (Å²) in [5.74, 6) is -0.248. The zero-order valence-corrected chi connectivity index (χ0v) is 10.8. The molecule has 1 rings (SSSR count). The highest BCUT2D eigenvalue weighted by Gasteiger charge is 2.17. The Hall–Kier alpha value is -1.67. The van der Waals surface area contributed by atoms with Gasteiger partial charge in [0.15, 0.2) is 5.84 Å². The maximum Gasteiger partial charge on any atom is 0.212 e. The zero-order chi connectivity index (χ0) is 13.6. The molecule has 0 spiro atoms. The summed E-state index contributed by atoms with van der Waals surface area (Å²) in [6.45, 7) is 1.50. The van der Waals surface area contributed by atoms with Crippen molar-refractivity contribution in [2.75, 3.05) is 5.75 Å². The Labute approximate surface area is 106 Å². The largest absolute Gasteiger partial charge is 0.409 e. The monoisotopic (exact) mass is 272 g/mol. The zero-order valence-electron chi connectivity index (χ0n) is 9.94. The van der Waals surface area contributed by atoms with Crippen LogP contribution in [0.25, 0.3) is 0 Å². The van der Waals surface area contributed by atoms with Crippen molar-refractivity contribution in [2.45, 2.75) is 19.4 Å². The fourth-order valence-corrected chi connectivity index (χ4v) is 2.56. The molecule has 0 saturated carbocycles. The van der Waals surface area contributed by atoms with Gasteiger partial charge in [-0.15, -0.1) is 0 Å². The highest BCUT2D eigenvalue weighted by Crippen LogP contribution is 2.00. The van der Waals surface area contributed by atoms with Crippen molar-refractivity contribution in [3.63, 3.8) is 0 Å². The maximum atomic E-state index is 11.7. The molecule has 0 saturated heterocycles. The quantitative estimate of drug-likeness (QED) is 0.284. The van der Waals surface area contributed by atoms with Crippen molar-refractivity contribution in [1.82, 2.24) is 9.71 Å². The standard InChI is InChI=1S/C10H16N4O3S/c1-8(10(11)13-15)14-18(16,17)7-4-9-2-5-12-6-3-9/h2-3,5-6,8,14-15H,4,7H2,1H3,(H2,11,13). The predicted octanol–water partition coefficient (Wildman–Crippen LogP) is -0.322. The third-order valence-corrected chi connectivity index (χ3v) is 3.78. The van der Waals surface area contributed by atoms with Gasteiger partial charge in [-0.3, -0.25) is 4.98 Å². The molecule has 8 heteroatoms. The van der Waals surface area contributed by atoms with Crippen LogP contribution in [0.4, 0.5) is 0 Å². The molecule has 0 amide bonds. The average molecular weight is 272 g/mol. The lowest BCUT2D eigenvalue weighted by Crippen LogP contribution is -2.43. The van der Waals surface area contributed by atoms with E-state index in [-0.39, 0.29) is 11.6 Å². The Morgan fingerprint density at radius 2 is 2.17 bits per heavy atom. The molecule has 0 aliphatic heterocycles. The average Bonchev–Trinajstić information content (AvgIpc) is 2.36. The molecule has 7 nitrogen and oxygen atoms in total. The normalized spacial score (nSPS) is 14.4. The van der Waals surface area contributed by atoms with E-state index >= 15 is 0 Å². The number of nitrogens with zero attached hydrogens (tertiary/aromatic N) is 2. The summed E-state index contributed by atoms with van der Waals surface area (Å²) in [4.78, 5) is 3.85. The van der Waals surface area contributed by atoms with Crippen LogP contribution in [0.3, 0.4) is 0 Å². The molecule has 1 atom stereocenters. The van der Waals surface area contributed by atoms with E-state index in [0.717, 1.165) is 5.56 Å². The summed E-state index contributed by atoms with van der Waals surface area (Å²) >= 11 is 0. The molecule has 0 radical (unpaired) electrons. The summed E-state index contributed by atoms with van der Waals surface area (Å²) in [6, 6.07) is 2.77. The molecule has 0 aliphatic carbocycles. The summed E-state index contributed by atoms with van der Waals surface area (Å²) in [6.07, 6.45) is 3.59. The number of aryl methyl sites for hydroxylation is 1. The first-order valence-electron chi connectivity index (χ1n) is 5.31. The fourth-order valence-electron chi connectivity index (χ4n) is 1.28. The number of amidine groups is 1. The molecular formula is C10H16N4O3S. The molecular weight excluding hydrogens is 256 g/mol. The Bertz CT molecular complexity index is 501. The van der Waals surface area contributed by atoms with E-state index < -0.39 is 16.1 Å². The van der Waals surface area contributed by atoms with Crippen LogP contribution in [0.5, 0.6) is 0 Å². The molecule has 4 N–H and O–H groups in total. The lowest BCUT2D eigenvalue weighted by Gasteiger charge is -2.12. The lowest BCUT2D eigenvalue weighted by molar-refractivity contribution is 0.316. The third kappa shape index (κ3) is 4.68. The van der Waals surface area contributed by atoms with Gasteiger partial charge in [0.2, 0.25) is 10.0 Å². The van der Waals surface area contributed by atoms with E-state index in [1.807, 2.05) is 0 Å². The van der Waals surface area contributed by atoms with Crippen LogP contribution in [0, 0.1) is 0 Å². The first kappa shape index (κ1) is 14.4. The molecule has 0 aromatic carbocycles. The van der Waals surface area contributed by atoms with Gasteiger partial charge in [0, 0.05) is 12.4 Å². The van der Waals surface area contributed by atoms with Gasteiger partial charge >= 0.3 is 0 Å². The van der Waals surface area contributed by atoms with Crippen molar-refractivity contribution in [2.24, 2.45) is 10.9 Å². The van der Waals surface area contributed by atoms with Gasteiger partial charge in [0.05, 0.1) is 11.8 Å². The number of aromatic nitrogens is 1. The van der Waals surface area contributed by atoms with Crippen molar-refractivity contribution >= 4 is 15.9 Å². The molecule has 0 aliphatic rings. The Morgan fingerprint density at radius 1 is 1.56 bits per heavy atom. The van der Waals surface area contributed by atoms with E-state index in [0.29, 0.717) is 6.42 Å². The number of nitrogens with two attached hydrogens (primary N) is 1. The number of sulfonamides is 1. The minimum atomic E-state index is -3.48. The van der Waals surface area contributed by atoms with Gasteiger partial charge in [0.25, 0.3) is 0 Å². The molecule has 0 bridgehead atoms. The van der Waals surface area contributed by atoms with E-state index in [9.17, 15) is 8.42 Å². The van der Waals surface area contributed by atoms with Gasteiger partial charge in [-0.05, 0) is 31.0 Å². The Kier molecular flexibility index (Phi) is 5.05. The van der Waals surface area contributed by atoms with Crippen LogP contribution in [0.15, 0.2) is 29.7 Å². The third-order valence-electron chi connectivity index (χ3n) is 2.32. The van der Waals surface area contributed by atoms with Crippen LogP contribution < -0.4 is 10.5 Å². The molecule has 100 valence electrons. The summed E-state index contributed by atoms with van der Waals surface area (Å²) < 4.78 is 25.7. The highest BCUT2D eigenvalue weighted by molar-refractivity contribution is 7.89. The second-order valence-corrected chi connectivity index (χ2v) is 5.66. The number of hydrogen-bond donors (Lipinski definition) is 3. The van der Waals surface area contributed by atoms with E-state index in [1.165, 1.54) is 6.92 Å².